The van der Waals surface area contributed by atoms with E-state index in [1.54, 1.807) is 12.4 Å². The van der Waals surface area contributed by atoms with Crippen LogP contribution in [0.3, 0.4) is 0 Å². The smallest absolute Gasteiger partial charge is 0.253 e. The number of hydrogen-bond acceptors (Lipinski definition) is 3. The summed E-state index contributed by atoms with van der Waals surface area (Å²) in [4.78, 5) is 22.2. The number of nitrogens with one attached hydrogen (secondary N) is 1. The van der Waals surface area contributed by atoms with Crippen LogP contribution in [0.15, 0.2) is 18.5 Å². The van der Waals surface area contributed by atoms with Gasteiger partial charge in [0.15, 0.2) is 0 Å². The number of hydrogen-bond donors (Lipinski definition) is 1. The molecule has 0 radical (unpaired) electrons. The van der Waals surface area contributed by atoms with Crippen molar-refractivity contribution in [1.29, 1.82) is 0 Å². The average Bonchev–Trinajstić information content (AvgIpc) is 3.06. The first-order valence-corrected chi connectivity index (χ1v) is 11.4. The standard InChI is InChI=1S/C24H34N4O/c1-17-23(26-14-13-25-17)22-15-21(24(29)27-20-11-7-4-8-12-20)18(2)28(22)16-19-9-5-3-6-10-19/h13-15,19-20H,3-12,16H2,1-2H3,(H,27,29). The average molecular weight is 395 g/mol. The second kappa shape index (κ2) is 9.10. The van der Waals surface area contributed by atoms with Crippen LogP contribution in [-0.2, 0) is 6.54 Å². The minimum atomic E-state index is 0.0691. The van der Waals surface area contributed by atoms with Crippen LogP contribution >= 0.6 is 0 Å². The summed E-state index contributed by atoms with van der Waals surface area (Å²) in [5.74, 6) is 0.749. The molecular formula is C24H34N4O. The molecule has 2 fully saturated rings. The molecule has 2 aromatic rings. The summed E-state index contributed by atoms with van der Waals surface area (Å²) in [5, 5.41) is 3.30. The van der Waals surface area contributed by atoms with Crippen LogP contribution in [0.4, 0.5) is 0 Å². The van der Waals surface area contributed by atoms with Crippen molar-refractivity contribution in [3.8, 4) is 11.4 Å². The normalized spacial score (nSPS) is 18.7. The zero-order valence-electron chi connectivity index (χ0n) is 17.9. The fourth-order valence-corrected chi connectivity index (χ4v) is 5.10. The summed E-state index contributed by atoms with van der Waals surface area (Å²) in [7, 11) is 0. The largest absolute Gasteiger partial charge is 0.349 e. The molecule has 29 heavy (non-hydrogen) atoms. The van der Waals surface area contributed by atoms with Crippen LogP contribution in [0.1, 0.15) is 86.0 Å². The highest BCUT2D eigenvalue weighted by atomic mass is 16.1. The van der Waals surface area contributed by atoms with E-state index >= 15 is 0 Å². The van der Waals surface area contributed by atoms with Crippen LogP contribution in [0.2, 0.25) is 0 Å². The van der Waals surface area contributed by atoms with Gasteiger partial charge in [-0.15, -0.1) is 0 Å². The maximum atomic E-state index is 13.1. The highest BCUT2D eigenvalue weighted by molar-refractivity contribution is 5.97. The highest BCUT2D eigenvalue weighted by Crippen LogP contribution is 2.31. The van der Waals surface area contributed by atoms with Gasteiger partial charge in [0.2, 0.25) is 0 Å². The predicted octanol–water partition coefficient (Wildman–Crippen LogP) is 5.20. The van der Waals surface area contributed by atoms with E-state index in [1.165, 1.54) is 51.4 Å². The lowest BCUT2D eigenvalue weighted by Gasteiger charge is -2.24. The Kier molecular flexibility index (Phi) is 6.31. The number of carbonyl (C=O) groups is 1. The molecular weight excluding hydrogens is 360 g/mol. The lowest BCUT2D eigenvalue weighted by atomic mass is 9.89. The third-order valence-electron chi connectivity index (χ3n) is 6.84. The molecule has 0 aliphatic heterocycles. The number of rotatable bonds is 5. The molecule has 0 bridgehead atoms. The Morgan fingerprint density at radius 2 is 1.66 bits per heavy atom. The topological polar surface area (TPSA) is 59.8 Å². The van der Waals surface area contributed by atoms with E-state index in [4.69, 9.17) is 0 Å². The molecule has 0 saturated heterocycles. The highest BCUT2D eigenvalue weighted by Gasteiger charge is 2.25. The summed E-state index contributed by atoms with van der Waals surface area (Å²) < 4.78 is 2.34. The molecule has 5 heteroatoms. The Balaban J connectivity index is 1.65. The van der Waals surface area contributed by atoms with Gasteiger partial charge in [-0.1, -0.05) is 38.5 Å². The summed E-state index contributed by atoms with van der Waals surface area (Å²) in [5.41, 5.74) is 4.69. The number of carbonyl (C=O) groups excluding carboxylic acids is 1. The van der Waals surface area contributed by atoms with Crippen LogP contribution < -0.4 is 5.32 Å². The van der Waals surface area contributed by atoms with Gasteiger partial charge in [-0.2, -0.15) is 0 Å². The van der Waals surface area contributed by atoms with Gasteiger partial charge in [0, 0.05) is 30.7 Å². The molecule has 1 N–H and O–H groups in total. The predicted molar refractivity (Wildman–Crippen MR) is 116 cm³/mol. The molecule has 2 aromatic heterocycles. The van der Waals surface area contributed by atoms with Gasteiger partial charge in [-0.05, 0) is 51.5 Å². The third kappa shape index (κ3) is 4.54. The van der Waals surface area contributed by atoms with Crippen molar-refractivity contribution in [2.24, 2.45) is 5.92 Å². The number of amides is 1. The molecule has 0 atom stereocenters. The first kappa shape index (κ1) is 20.1. The second-order valence-corrected chi connectivity index (χ2v) is 8.94. The molecule has 5 nitrogen and oxygen atoms in total. The Morgan fingerprint density at radius 1 is 1.00 bits per heavy atom. The first-order chi connectivity index (χ1) is 14.1. The Hall–Kier alpha value is -2.17. The van der Waals surface area contributed by atoms with Gasteiger partial charge >= 0.3 is 0 Å². The van der Waals surface area contributed by atoms with E-state index in [2.05, 4.69) is 26.8 Å². The Labute approximate surface area is 174 Å². The fraction of sp³-hybridized carbons (Fsp3) is 0.625. The molecule has 2 heterocycles. The zero-order chi connectivity index (χ0) is 20.2. The van der Waals surface area contributed by atoms with Crippen LogP contribution in [0.25, 0.3) is 11.4 Å². The maximum Gasteiger partial charge on any atom is 0.253 e. The van der Waals surface area contributed by atoms with E-state index in [9.17, 15) is 4.79 Å². The molecule has 0 unspecified atom stereocenters. The number of nitrogens with zero attached hydrogens (tertiary/aromatic N) is 3. The molecule has 156 valence electrons. The van der Waals surface area contributed by atoms with E-state index in [0.29, 0.717) is 12.0 Å². The summed E-state index contributed by atoms with van der Waals surface area (Å²) in [6.45, 7) is 5.05. The van der Waals surface area contributed by atoms with Gasteiger partial charge in [0.05, 0.1) is 17.0 Å². The fourth-order valence-electron chi connectivity index (χ4n) is 5.10. The van der Waals surface area contributed by atoms with Crippen molar-refractivity contribution in [2.75, 3.05) is 0 Å². The molecule has 4 rings (SSSR count). The first-order valence-electron chi connectivity index (χ1n) is 11.4. The molecule has 1 amide bonds. The van der Waals surface area contributed by atoms with Crippen LogP contribution in [0.5, 0.6) is 0 Å². The quantitative estimate of drug-likeness (QED) is 0.758. The van der Waals surface area contributed by atoms with Gasteiger partial charge in [-0.3, -0.25) is 14.8 Å². The van der Waals surface area contributed by atoms with E-state index in [-0.39, 0.29) is 5.91 Å². The van der Waals surface area contributed by atoms with Gasteiger partial charge in [0.25, 0.3) is 5.91 Å². The van der Waals surface area contributed by atoms with Crippen LogP contribution in [0, 0.1) is 19.8 Å². The monoisotopic (exact) mass is 394 g/mol. The number of aryl methyl sites for hydroxylation is 1. The van der Waals surface area contributed by atoms with Gasteiger partial charge < -0.3 is 9.88 Å². The van der Waals surface area contributed by atoms with Crippen molar-refractivity contribution in [1.82, 2.24) is 19.9 Å². The van der Waals surface area contributed by atoms with Crippen molar-refractivity contribution in [3.63, 3.8) is 0 Å². The van der Waals surface area contributed by atoms with Crippen molar-refractivity contribution < 1.29 is 4.79 Å². The molecule has 0 aromatic carbocycles. The third-order valence-corrected chi connectivity index (χ3v) is 6.84. The summed E-state index contributed by atoms with van der Waals surface area (Å²) >= 11 is 0. The van der Waals surface area contributed by atoms with E-state index in [0.717, 1.165) is 47.7 Å². The van der Waals surface area contributed by atoms with Crippen molar-refractivity contribution in [2.45, 2.75) is 90.6 Å². The second-order valence-electron chi connectivity index (χ2n) is 8.94. The van der Waals surface area contributed by atoms with Crippen LogP contribution in [-0.4, -0.2) is 26.5 Å². The zero-order valence-corrected chi connectivity index (χ0v) is 17.9. The van der Waals surface area contributed by atoms with E-state index < -0.39 is 0 Å². The minimum absolute atomic E-state index is 0.0691. The lowest BCUT2D eigenvalue weighted by molar-refractivity contribution is 0.0927. The van der Waals surface area contributed by atoms with Gasteiger partial charge in [0.1, 0.15) is 5.69 Å². The minimum Gasteiger partial charge on any atom is -0.349 e. The molecule has 2 saturated carbocycles. The Morgan fingerprint density at radius 3 is 2.34 bits per heavy atom. The van der Waals surface area contributed by atoms with E-state index in [1.807, 2.05) is 13.0 Å². The molecule has 2 aliphatic rings. The van der Waals surface area contributed by atoms with Gasteiger partial charge in [-0.25, -0.2) is 0 Å². The maximum absolute atomic E-state index is 13.1. The molecule has 2 aliphatic carbocycles. The van der Waals surface area contributed by atoms with Crippen molar-refractivity contribution >= 4 is 5.91 Å². The summed E-state index contributed by atoms with van der Waals surface area (Å²) in [6, 6.07) is 2.37. The number of aromatic nitrogens is 3. The van der Waals surface area contributed by atoms with Crippen molar-refractivity contribution in [3.05, 3.63) is 35.4 Å². The lowest BCUT2D eigenvalue weighted by Crippen LogP contribution is -2.36. The summed E-state index contributed by atoms with van der Waals surface area (Å²) in [6.07, 6.45) is 16.0. The SMILES string of the molecule is Cc1nccnc1-c1cc(C(=O)NC2CCCCC2)c(C)n1CC1CCCCC1. The molecule has 0 spiro atoms. The Bertz CT molecular complexity index is 845.